The third-order valence-corrected chi connectivity index (χ3v) is 3.36. The number of aromatic nitrogens is 4. The Bertz CT molecular complexity index is 547. The lowest BCUT2D eigenvalue weighted by atomic mass is 9.97. The highest BCUT2D eigenvalue weighted by Crippen LogP contribution is 2.14. The molecule has 2 rings (SSSR count). The zero-order valence-corrected chi connectivity index (χ0v) is 12.0. The molecule has 0 saturated carbocycles. The van der Waals surface area contributed by atoms with E-state index in [2.05, 4.69) is 52.8 Å². The van der Waals surface area contributed by atoms with Gasteiger partial charge in [-0.25, -0.2) is 0 Å². The van der Waals surface area contributed by atoms with Gasteiger partial charge in [0.15, 0.2) is 5.82 Å². The van der Waals surface area contributed by atoms with Gasteiger partial charge < -0.3 is 5.32 Å². The fourth-order valence-electron chi connectivity index (χ4n) is 2.19. The number of likely N-dealkylation sites (N-methyl/N-ethyl adjacent to an activating group) is 1. The fraction of sp³-hybridized carbons (Fsp3) is 0.500. The van der Waals surface area contributed by atoms with E-state index in [1.807, 2.05) is 7.05 Å². The number of hydrogen-bond acceptors (Lipinski definition) is 4. The number of nitrogens with zero attached hydrogens (tertiary/aromatic N) is 4. The average molecular weight is 259 g/mol. The molecule has 1 N–H and O–H groups in total. The Morgan fingerprint density at radius 2 is 2.05 bits per heavy atom. The monoisotopic (exact) mass is 259 g/mol. The van der Waals surface area contributed by atoms with Crippen LogP contribution >= 0.6 is 0 Å². The van der Waals surface area contributed by atoms with Crippen LogP contribution < -0.4 is 5.32 Å². The summed E-state index contributed by atoms with van der Waals surface area (Å²) < 4.78 is 0. The molecule has 1 aromatic carbocycles. The quantitative estimate of drug-likeness (QED) is 0.876. The molecule has 0 aliphatic rings. The molecule has 5 heteroatoms. The van der Waals surface area contributed by atoms with Crippen LogP contribution in [-0.4, -0.2) is 33.3 Å². The van der Waals surface area contributed by atoms with Gasteiger partial charge in [0, 0.05) is 12.5 Å². The number of nitrogens with one attached hydrogen (secondary N) is 1. The molecule has 5 nitrogen and oxygen atoms in total. The van der Waals surface area contributed by atoms with E-state index >= 15 is 0 Å². The lowest BCUT2D eigenvalue weighted by Crippen LogP contribution is -2.30. The van der Waals surface area contributed by atoms with E-state index in [0.29, 0.717) is 6.04 Å². The summed E-state index contributed by atoms with van der Waals surface area (Å²) in [6.07, 6.45) is 1.76. The predicted molar refractivity (Wildman–Crippen MR) is 75.0 cm³/mol. The standard InChI is InChI=1S/C14H21N5/c1-10-5-6-11(2)12(7-10)8-13(15-3)9-14-16-18-19(4)17-14/h5-7,13,15H,8-9H2,1-4H3. The highest BCUT2D eigenvalue weighted by molar-refractivity contribution is 5.31. The lowest BCUT2D eigenvalue weighted by molar-refractivity contribution is 0.539. The molecular weight excluding hydrogens is 238 g/mol. The minimum atomic E-state index is 0.324. The normalized spacial score (nSPS) is 12.6. The smallest absolute Gasteiger partial charge is 0.176 e. The first kappa shape index (κ1) is 13.7. The molecule has 0 fully saturated rings. The maximum absolute atomic E-state index is 4.23. The van der Waals surface area contributed by atoms with Crippen LogP contribution in [0.25, 0.3) is 0 Å². The molecule has 1 heterocycles. The zero-order valence-electron chi connectivity index (χ0n) is 12.0. The van der Waals surface area contributed by atoms with Gasteiger partial charge in [-0.3, -0.25) is 0 Å². The Hall–Kier alpha value is -1.75. The van der Waals surface area contributed by atoms with Crippen molar-refractivity contribution in [3.63, 3.8) is 0 Å². The molecule has 0 saturated heterocycles. The lowest BCUT2D eigenvalue weighted by Gasteiger charge is -2.16. The molecule has 0 amide bonds. The van der Waals surface area contributed by atoms with Gasteiger partial charge in [0.1, 0.15) is 0 Å². The van der Waals surface area contributed by atoms with E-state index in [9.17, 15) is 0 Å². The fourth-order valence-corrected chi connectivity index (χ4v) is 2.19. The summed E-state index contributed by atoms with van der Waals surface area (Å²) in [5, 5.41) is 15.5. The van der Waals surface area contributed by atoms with Crippen molar-refractivity contribution in [2.45, 2.75) is 32.7 Å². The molecule has 0 bridgehead atoms. The van der Waals surface area contributed by atoms with Crippen LogP contribution in [0.15, 0.2) is 18.2 Å². The Morgan fingerprint density at radius 3 is 2.68 bits per heavy atom. The Balaban J connectivity index is 2.08. The first-order valence-corrected chi connectivity index (χ1v) is 6.54. The van der Waals surface area contributed by atoms with E-state index < -0.39 is 0 Å². The topological polar surface area (TPSA) is 55.6 Å². The molecule has 0 spiro atoms. The third-order valence-electron chi connectivity index (χ3n) is 3.36. The van der Waals surface area contributed by atoms with Gasteiger partial charge in [0.05, 0.1) is 7.05 Å². The highest BCUT2D eigenvalue weighted by Gasteiger charge is 2.13. The van der Waals surface area contributed by atoms with Crippen molar-refractivity contribution in [1.29, 1.82) is 0 Å². The van der Waals surface area contributed by atoms with Gasteiger partial charge in [-0.05, 0) is 43.7 Å². The van der Waals surface area contributed by atoms with Gasteiger partial charge >= 0.3 is 0 Å². The van der Waals surface area contributed by atoms with Crippen molar-refractivity contribution < 1.29 is 0 Å². The van der Waals surface area contributed by atoms with Crippen molar-refractivity contribution in [2.75, 3.05) is 7.05 Å². The third kappa shape index (κ3) is 3.61. The molecule has 2 aromatic rings. The summed E-state index contributed by atoms with van der Waals surface area (Å²) in [5.74, 6) is 0.784. The number of benzene rings is 1. The largest absolute Gasteiger partial charge is 0.316 e. The van der Waals surface area contributed by atoms with Gasteiger partial charge in [-0.1, -0.05) is 23.8 Å². The first-order chi connectivity index (χ1) is 9.08. The molecule has 1 unspecified atom stereocenters. The number of tetrazole rings is 1. The second-order valence-corrected chi connectivity index (χ2v) is 5.02. The summed E-state index contributed by atoms with van der Waals surface area (Å²) in [6, 6.07) is 6.91. The molecule has 1 atom stereocenters. The van der Waals surface area contributed by atoms with Crippen molar-refractivity contribution in [2.24, 2.45) is 7.05 Å². The van der Waals surface area contributed by atoms with Crippen LogP contribution in [-0.2, 0) is 19.9 Å². The van der Waals surface area contributed by atoms with Crippen molar-refractivity contribution in [3.05, 3.63) is 40.7 Å². The van der Waals surface area contributed by atoms with Gasteiger partial charge in [-0.2, -0.15) is 4.80 Å². The first-order valence-electron chi connectivity index (χ1n) is 6.54. The molecule has 1 aromatic heterocycles. The maximum atomic E-state index is 4.23. The van der Waals surface area contributed by atoms with Crippen LogP contribution in [0.1, 0.15) is 22.5 Å². The zero-order chi connectivity index (χ0) is 13.8. The summed E-state index contributed by atoms with van der Waals surface area (Å²) in [4.78, 5) is 1.50. The summed E-state index contributed by atoms with van der Waals surface area (Å²) >= 11 is 0. The Kier molecular flexibility index (Phi) is 4.27. The van der Waals surface area contributed by atoms with E-state index in [-0.39, 0.29) is 0 Å². The molecule has 0 aliphatic carbocycles. The van der Waals surface area contributed by atoms with Crippen molar-refractivity contribution >= 4 is 0 Å². The number of hydrogen-bond donors (Lipinski definition) is 1. The predicted octanol–water partition coefficient (Wildman–Crippen LogP) is 1.20. The van der Waals surface area contributed by atoms with E-state index in [1.165, 1.54) is 21.5 Å². The highest BCUT2D eigenvalue weighted by atomic mass is 15.6. The second kappa shape index (κ2) is 5.93. The van der Waals surface area contributed by atoms with Crippen LogP contribution in [0.2, 0.25) is 0 Å². The molecule has 0 aliphatic heterocycles. The second-order valence-electron chi connectivity index (χ2n) is 5.02. The van der Waals surface area contributed by atoms with Gasteiger partial charge in [-0.15, -0.1) is 10.2 Å². The summed E-state index contributed by atoms with van der Waals surface area (Å²) in [6.45, 7) is 4.28. The van der Waals surface area contributed by atoms with E-state index in [4.69, 9.17) is 0 Å². The number of rotatable bonds is 5. The van der Waals surface area contributed by atoms with Crippen molar-refractivity contribution in [3.8, 4) is 0 Å². The van der Waals surface area contributed by atoms with Crippen LogP contribution in [0.3, 0.4) is 0 Å². The Morgan fingerprint density at radius 1 is 1.26 bits per heavy atom. The minimum absolute atomic E-state index is 0.324. The van der Waals surface area contributed by atoms with Crippen LogP contribution in [0, 0.1) is 13.8 Å². The van der Waals surface area contributed by atoms with Gasteiger partial charge in [0.2, 0.25) is 0 Å². The minimum Gasteiger partial charge on any atom is -0.316 e. The molecule has 102 valence electrons. The molecular formula is C14H21N5. The van der Waals surface area contributed by atoms with Crippen LogP contribution in [0.4, 0.5) is 0 Å². The molecule has 0 radical (unpaired) electrons. The van der Waals surface area contributed by atoms with E-state index in [0.717, 1.165) is 18.7 Å². The SMILES string of the molecule is CNC(Cc1nnn(C)n1)Cc1cc(C)ccc1C. The summed E-state index contributed by atoms with van der Waals surface area (Å²) in [5.41, 5.74) is 4.01. The average Bonchev–Trinajstić information content (AvgIpc) is 2.78. The maximum Gasteiger partial charge on any atom is 0.176 e. The van der Waals surface area contributed by atoms with E-state index in [1.54, 1.807) is 7.05 Å². The van der Waals surface area contributed by atoms with Crippen molar-refractivity contribution in [1.82, 2.24) is 25.5 Å². The Labute approximate surface area is 114 Å². The van der Waals surface area contributed by atoms with Crippen LogP contribution in [0.5, 0.6) is 0 Å². The summed E-state index contributed by atoms with van der Waals surface area (Å²) in [7, 11) is 3.77. The number of aryl methyl sites for hydroxylation is 3. The molecule has 19 heavy (non-hydrogen) atoms. The van der Waals surface area contributed by atoms with Gasteiger partial charge in [0.25, 0.3) is 0 Å².